The maximum absolute atomic E-state index is 13.8. The van der Waals surface area contributed by atoms with Crippen molar-refractivity contribution in [2.45, 2.75) is 37.5 Å². The molecule has 1 N–H and O–H groups in total. The molecule has 2 saturated carbocycles. The van der Waals surface area contributed by atoms with Crippen LogP contribution in [0, 0.1) is 11.6 Å². The standard InChI is InChI=1S/C21H18F2N4O/c22-16-3-1-2-15(20(16)23)21(28)25-14-8-9-19(24-11-14)27-18(13-6-7-13)10-17(26-27)12-4-5-12/h1-3,8-13H,4-7H2,(H,25,28). The molecule has 0 saturated heterocycles. The number of hydrogen-bond donors (Lipinski definition) is 1. The van der Waals surface area contributed by atoms with Crippen molar-refractivity contribution < 1.29 is 13.6 Å². The Morgan fingerprint density at radius 3 is 2.54 bits per heavy atom. The third kappa shape index (κ3) is 3.17. The first-order valence-electron chi connectivity index (χ1n) is 9.42. The highest BCUT2D eigenvalue weighted by molar-refractivity contribution is 6.04. The number of amides is 1. The van der Waals surface area contributed by atoms with Crippen LogP contribution in [-0.2, 0) is 0 Å². The third-order valence-corrected chi connectivity index (χ3v) is 5.17. The van der Waals surface area contributed by atoms with Crippen LogP contribution >= 0.6 is 0 Å². The van der Waals surface area contributed by atoms with E-state index in [2.05, 4.69) is 16.4 Å². The van der Waals surface area contributed by atoms with Gasteiger partial charge >= 0.3 is 0 Å². The molecule has 7 heteroatoms. The van der Waals surface area contributed by atoms with Gasteiger partial charge in [0.2, 0.25) is 0 Å². The maximum Gasteiger partial charge on any atom is 0.258 e. The zero-order valence-electron chi connectivity index (χ0n) is 15.0. The van der Waals surface area contributed by atoms with Gasteiger partial charge in [0.25, 0.3) is 5.91 Å². The zero-order valence-corrected chi connectivity index (χ0v) is 15.0. The molecule has 0 unspecified atom stereocenters. The van der Waals surface area contributed by atoms with Crippen molar-refractivity contribution in [3.63, 3.8) is 0 Å². The molecule has 0 atom stereocenters. The number of nitrogens with one attached hydrogen (secondary N) is 1. The fourth-order valence-electron chi connectivity index (χ4n) is 3.31. The topological polar surface area (TPSA) is 59.8 Å². The van der Waals surface area contributed by atoms with E-state index in [9.17, 15) is 13.6 Å². The first-order valence-corrected chi connectivity index (χ1v) is 9.42. The van der Waals surface area contributed by atoms with Gasteiger partial charge < -0.3 is 5.32 Å². The quantitative estimate of drug-likeness (QED) is 0.706. The zero-order chi connectivity index (χ0) is 19.3. The van der Waals surface area contributed by atoms with E-state index >= 15 is 0 Å². The number of benzene rings is 1. The lowest BCUT2D eigenvalue weighted by molar-refractivity contribution is 0.102. The Bertz CT molecular complexity index is 1050. The third-order valence-electron chi connectivity index (χ3n) is 5.17. The van der Waals surface area contributed by atoms with Crippen molar-refractivity contribution >= 4 is 11.6 Å². The Morgan fingerprint density at radius 1 is 1.07 bits per heavy atom. The average Bonchev–Trinajstić information content (AvgIpc) is 3.63. The summed E-state index contributed by atoms with van der Waals surface area (Å²) in [5.41, 5.74) is 2.37. The number of rotatable bonds is 5. The predicted octanol–water partition coefficient (Wildman–Crippen LogP) is 4.55. The van der Waals surface area contributed by atoms with Crippen LogP contribution in [0.5, 0.6) is 0 Å². The molecule has 2 heterocycles. The Hall–Kier alpha value is -3.09. The molecule has 1 amide bonds. The summed E-state index contributed by atoms with van der Waals surface area (Å²) < 4.78 is 29.0. The number of hydrogen-bond acceptors (Lipinski definition) is 3. The summed E-state index contributed by atoms with van der Waals surface area (Å²) in [6, 6.07) is 9.16. The van der Waals surface area contributed by atoms with Crippen molar-refractivity contribution in [2.75, 3.05) is 5.32 Å². The predicted molar refractivity (Wildman–Crippen MR) is 99.6 cm³/mol. The summed E-state index contributed by atoms with van der Waals surface area (Å²) in [5.74, 6) is -1.15. The highest BCUT2D eigenvalue weighted by atomic mass is 19.2. The van der Waals surface area contributed by atoms with Gasteiger partial charge in [-0.3, -0.25) is 4.79 Å². The molecular formula is C21H18F2N4O. The molecule has 0 spiro atoms. The van der Waals surface area contributed by atoms with Crippen molar-refractivity contribution in [1.29, 1.82) is 0 Å². The first kappa shape index (κ1) is 17.0. The van der Waals surface area contributed by atoms with Gasteiger partial charge in [-0.05, 0) is 56.0 Å². The molecule has 5 nitrogen and oxygen atoms in total. The van der Waals surface area contributed by atoms with Gasteiger partial charge in [-0.25, -0.2) is 18.4 Å². The van der Waals surface area contributed by atoms with Crippen molar-refractivity contribution in [1.82, 2.24) is 14.8 Å². The van der Waals surface area contributed by atoms with Crippen LogP contribution in [0.25, 0.3) is 5.82 Å². The maximum atomic E-state index is 13.8. The van der Waals surface area contributed by atoms with Crippen LogP contribution in [0.4, 0.5) is 14.5 Å². The molecule has 0 bridgehead atoms. The fourth-order valence-corrected chi connectivity index (χ4v) is 3.31. The first-order chi connectivity index (χ1) is 13.6. The van der Waals surface area contributed by atoms with E-state index in [-0.39, 0.29) is 5.56 Å². The largest absolute Gasteiger partial charge is 0.320 e. The van der Waals surface area contributed by atoms with E-state index in [4.69, 9.17) is 5.10 Å². The van der Waals surface area contributed by atoms with Crippen molar-refractivity contribution in [3.8, 4) is 5.82 Å². The summed E-state index contributed by atoms with van der Waals surface area (Å²) in [4.78, 5) is 16.6. The van der Waals surface area contributed by atoms with E-state index in [1.54, 1.807) is 12.1 Å². The lowest BCUT2D eigenvalue weighted by Crippen LogP contribution is -2.15. The van der Waals surface area contributed by atoms with Gasteiger partial charge in [0.05, 0.1) is 23.1 Å². The van der Waals surface area contributed by atoms with Crippen LogP contribution in [0.1, 0.15) is 59.3 Å². The molecule has 2 aliphatic carbocycles. The van der Waals surface area contributed by atoms with Crippen molar-refractivity contribution in [2.24, 2.45) is 0 Å². The summed E-state index contributed by atoms with van der Waals surface area (Å²) in [6.07, 6.45) is 6.22. The monoisotopic (exact) mass is 380 g/mol. The highest BCUT2D eigenvalue weighted by Crippen LogP contribution is 2.45. The minimum atomic E-state index is -1.16. The highest BCUT2D eigenvalue weighted by Gasteiger charge is 2.33. The number of pyridine rings is 1. The van der Waals surface area contributed by atoms with Gasteiger partial charge in [0, 0.05) is 17.5 Å². The van der Waals surface area contributed by atoms with Gasteiger partial charge in [0.15, 0.2) is 17.5 Å². The second kappa shape index (κ2) is 6.51. The average molecular weight is 380 g/mol. The van der Waals surface area contributed by atoms with Gasteiger partial charge in [-0.1, -0.05) is 6.07 Å². The lowest BCUT2D eigenvalue weighted by atomic mass is 10.2. The Balaban J connectivity index is 1.38. The van der Waals surface area contributed by atoms with E-state index in [1.807, 2.05) is 4.68 Å². The van der Waals surface area contributed by atoms with Crippen molar-refractivity contribution in [3.05, 3.63) is 71.2 Å². The second-order valence-corrected chi connectivity index (χ2v) is 7.41. The molecule has 0 aliphatic heterocycles. The molecule has 142 valence electrons. The minimum Gasteiger partial charge on any atom is -0.320 e. The van der Waals surface area contributed by atoms with Crippen LogP contribution in [0.15, 0.2) is 42.6 Å². The van der Waals surface area contributed by atoms with Crippen LogP contribution < -0.4 is 5.32 Å². The van der Waals surface area contributed by atoms with Gasteiger partial charge in [0.1, 0.15) is 0 Å². The molecule has 2 fully saturated rings. The lowest BCUT2D eigenvalue weighted by Gasteiger charge is -2.09. The number of aromatic nitrogens is 3. The molecule has 0 radical (unpaired) electrons. The van der Waals surface area contributed by atoms with E-state index < -0.39 is 17.5 Å². The number of anilines is 1. The Morgan fingerprint density at radius 2 is 1.86 bits per heavy atom. The number of halogens is 2. The molecular weight excluding hydrogens is 362 g/mol. The van der Waals surface area contributed by atoms with E-state index in [1.165, 1.54) is 49.7 Å². The van der Waals surface area contributed by atoms with Crippen LogP contribution in [0.2, 0.25) is 0 Å². The molecule has 3 aromatic rings. The number of carbonyl (C=O) groups is 1. The normalized spacial score (nSPS) is 16.2. The molecule has 1 aromatic carbocycles. The van der Waals surface area contributed by atoms with Gasteiger partial charge in [-0.2, -0.15) is 5.10 Å². The summed E-state index contributed by atoms with van der Waals surface area (Å²) in [6.45, 7) is 0. The van der Waals surface area contributed by atoms with Crippen LogP contribution in [0.3, 0.4) is 0 Å². The summed E-state index contributed by atoms with van der Waals surface area (Å²) in [7, 11) is 0. The SMILES string of the molecule is O=C(Nc1ccc(-n2nc(C3CC3)cc2C2CC2)nc1)c1cccc(F)c1F. The minimum absolute atomic E-state index is 0.346. The second-order valence-electron chi connectivity index (χ2n) is 7.41. The number of carbonyl (C=O) groups excluding carboxylic acids is 1. The molecule has 2 aromatic heterocycles. The smallest absolute Gasteiger partial charge is 0.258 e. The molecule has 5 rings (SSSR count). The van der Waals surface area contributed by atoms with E-state index in [0.717, 1.165) is 11.8 Å². The summed E-state index contributed by atoms with van der Waals surface area (Å²) in [5, 5.41) is 7.29. The fraction of sp³-hybridized carbons (Fsp3) is 0.286. The number of nitrogens with zero attached hydrogens (tertiary/aromatic N) is 3. The van der Waals surface area contributed by atoms with Gasteiger partial charge in [-0.15, -0.1) is 0 Å². The Kier molecular flexibility index (Phi) is 3.96. The van der Waals surface area contributed by atoms with E-state index in [0.29, 0.717) is 23.3 Å². The summed E-state index contributed by atoms with van der Waals surface area (Å²) >= 11 is 0. The van der Waals surface area contributed by atoms with Crippen LogP contribution in [-0.4, -0.2) is 20.7 Å². The Labute approximate surface area is 160 Å². The molecule has 2 aliphatic rings. The molecule has 28 heavy (non-hydrogen) atoms.